The van der Waals surface area contributed by atoms with E-state index in [0.29, 0.717) is 12.8 Å². The van der Waals surface area contributed by atoms with E-state index in [1.165, 1.54) is 4.90 Å². The van der Waals surface area contributed by atoms with Gasteiger partial charge in [0.1, 0.15) is 18.4 Å². The molecule has 0 spiro atoms. The second-order valence-electron chi connectivity index (χ2n) is 7.98. The minimum atomic E-state index is -1.52. The second-order valence-corrected chi connectivity index (χ2v) is 7.98. The van der Waals surface area contributed by atoms with Crippen LogP contribution in [0.5, 0.6) is 0 Å². The van der Waals surface area contributed by atoms with Crippen LogP contribution in [-0.2, 0) is 28.8 Å². The Balaban J connectivity index is 2.96. The first-order chi connectivity index (χ1) is 15.0. The van der Waals surface area contributed by atoms with Crippen molar-refractivity contribution in [1.82, 2.24) is 15.5 Å². The number of hydrogen-bond donors (Lipinski definition) is 3. The van der Waals surface area contributed by atoms with Crippen molar-refractivity contribution < 1.29 is 44.7 Å². The number of hydrogen-bond acceptors (Lipinski definition) is 8. The number of carbonyl (C=O) groups is 6. The van der Waals surface area contributed by atoms with Gasteiger partial charge in [-0.15, -0.1) is 0 Å². The van der Waals surface area contributed by atoms with Crippen LogP contribution in [0.1, 0.15) is 52.4 Å². The average Bonchev–Trinajstić information content (AvgIpc) is 3.23. The van der Waals surface area contributed by atoms with E-state index in [-0.39, 0.29) is 31.6 Å². The molecule has 1 saturated heterocycles. The van der Waals surface area contributed by atoms with Gasteiger partial charge in [-0.1, -0.05) is 13.8 Å². The second kappa shape index (κ2) is 12.7. The van der Waals surface area contributed by atoms with Crippen molar-refractivity contribution in [3.63, 3.8) is 0 Å². The third-order valence-electron chi connectivity index (χ3n) is 5.64. The lowest BCUT2D eigenvalue weighted by molar-refractivity contribution is -0.415. The van der Waals surface area contributed by atoms with Gasteiger partial charge in [-0.05, 0) is 32.1 Å². The van der Waals surface area contributed by atoms with Gasteiger partial charge in [0.25, 0.3) is 5.91 Å². The van der Waals surface area contributed by atoms with Crippen molar-refractivity contribution in [2.24, 2.45) is 5.92 Å². The number of carboxylic acid groups (broad SMARTS) is 2. The predicted octanol–water partition coefficient (Wildman–Crippen LogP) is -4.53. The number of rotatable bonds is 13. The third kappa shape index (κ3) is 7.91. The van der Waals surface area contributed by atoms with Gasteiger partial charge >= 0.3 is 0 Å². The maximum absolute atomic E-state index is 13.1. The van der Waals surface area contributed by atoms with Gasteiger partial charge in [0.2, 0.25) is 11.8 Å². The summed E-state index contributed by atoms with van der Waals surface area (Å²) in [6.45, 7) is 3.89. The molecule has 12 nitrogen and oxygen atoms in total. The van der Waals surface area contributed by atoms with Crippen LogP contribution in [-0.4, -0.2) is 71.6 Å². The highest BCUT2D eigenvalue weighted by Gasteiger charge is 2.39. The molecular weight excluding hydrogens is 424 g/mol. The van der Waals surface area contributed by atoms with Crippen LogP contribution < -0.4 is 26.6 Å². The molecule has 5 N–H and O–H groups in total. The number of amides is 3. The molecule has 5 atom stereocenters. The molecule has 32 heavy (non-hydrogen) atoms. The molecule has 0 radical (unpaired) electrons. The van der Waals surface area contributed by atoms with Gasteiger partial charge < -0.3 is 45.9 Å². The topological polar surface area (TPSA) is 203 Å². The molecule has 0 aliphatic carbocycles. The monoisotopic (exact) mass is 455 g/mol. The minimum absolute atomic E-state index is 0.0683. The zero-order valence-electron chi connectivity index (χ0n) is 18.3. The number of carbonyl (C=O) groups excluding carboxylic acids is 6. The zero-order valence-corrected chi connectivity index (χ0v) is 18.3. The lowest BCUT2D eigenvalue weighted by Crippen LogP contribution is -2.71. The molecule has 0 aromatic carbocycles. The third-order valence-corrected chi connectivity index (χ3v) is 5.64. The van der Waals surface area contributed by atoms with Crippen LogP contribution in [0.15, 0.2) is 0 Å². The summed E-state index contributed by atoms with van der Waals surface area (Å²) in [7, 11) is 0. The highest BCUT2D eigenvalue weighted by atomic mass is 16.4. The number of nitrogens with zero attached hydrogens (tertiary/aromatic N) is 1. The van der Waals surface area contributed by atoms with Gasteiger partial charge in [0.15, 0.2) is 6.04 Å². The molecule has 1 heterocycles. The van der Waals surface area contributed by atoms with Crippen LogP contribution in [0.4, 0.5) is 0 Å². The summed E-state index contributed by atoms with van der Waals surface area (Å²) in [6.07, 6.45) is 0.250. The fraction of sp³-hybridized carbons (Fsp3) is 0.700. The summed E-state index contributed by atoms with van der Waals surface area (Å²) >= 11 is 0. The van der Waals surface area contributed by atoms with Crippen LogP contribution >= 0.6 is 0 Å². The van der Waals surface area contributed by atoms with Gasteiger partial charge in [-0.25, -0.2) is 0 Å². The largest absolute Gasteiger partial charge is 0.550 e. The summed E-state index contributed by atoms with van der Waals surface area (Å²) in [5.41, 5.74) is 3.81. The van der Waals surface area contributed by atoms with E-state index in [1.807, 2.05) is 13.8 Å². The molecule has 1 aliphatic rings. The molecule has 0 bridgehead atoms. The van der Waals surface area contributed by atoms with Crippen molar-refractivity contribution >= 4 is 35.9 Å². The Morgan fingerprint density at radius 1 is 1.16 bits per heavy atom. The Hall–Kier alpha value is -3.02. The highest BCUT2D eigenvalue weighted by Crippen LogP contribution is 2.20. The van der Waals surface area contributed by atoms with Crippen LogP contribution in [0, 0.1) is 5.92 Å². The molecule has 1 rings (SSSR count). The van der Waals surface area contributed by atoms with Crippen molar-refractivity contribution in [2.75, 3.05) is 6.54 Å². The number of carboxylic acids is 2. The highest BCUT2D eigenvalue weighted by molar-refractivity contribution is 5.94. The average molecular weight is 455 g/mol. The van der Waals surface area contributed by atoms with E-state index in [9.17, 15) is 39.0 Å². The Bertz CT molecular complexity index is 728. The van der Waals surface area contributed by atoms with Crippen molar-refractivity contribution in [1.29, 1.82) is 0 Å². The summed E-state index contributed by atoms with van der Waals surface area (Å²) in [5.74, 6) is -4.84. The van der Waals surface area contributed by atoms with Crippen LogP contribution in [0.25, 0.3) is 0 Å². The smallest absolute Gasteiger partial charge is 0.279 e. The van der Waals surface area contributed by atoms with Gasteiger partial charge in [0.05, 0.1) is 6.04 Å². The molecule has 1 aliphatic heterocycles. The van der Waals surface area contributed by atoms with E-state index in [4.69, 9.17) is 0 Å². The lowest BCUT2D eigenvalue weighted by atomic mass is 9.98. The van der Waals surface area contributed by atoms with Crippen molar-refractivity contribution in [3.05, 3.63) is 0 Å². The SMILES string of the molecule is CC[C@H](C)[C@H]([NH3+])C(=O)N[C@@H](CCC(=O)[O-])C(=O)N1CCC[C@H]1C(=O)N[C@H](C=O)CC(=O)[O-]. The zero-order chi connectivity index (χ0) is 24.4. The maximum atomic E-state index is 13.1. The summed E-state index contributed by atoms with van der Waals surface area (Å²) in [4.78, 5) is 72.1. The van der Waals surface area contributed by atoms with E-state index in [2.05, 4.69) is 16.4 Å². The Kier molecular flexibility index (Phi) is 10.8. The molecule has 1 fully saturated rings. The minimum Gasteiger partial charge on any atom is -0.550 e. The standard InChI is InChI=1S/C20H32N4O8/c1-3-11(2)17(21)19(31)23-13(6-7-15(26)27)20(32)24-8-4-5-14(24)18(30)22-12(10-25)9-16(28)29/h10-14,17H,3-9,21H2,1-2H3,(H,22,30)(H,23,31)(H,26,27)(H,28,29)/p-1/t11-,12-,13-,14-,17-/m0/s1. The quantitative estimate of drug-likeness (QED) is 0.230. The summed E-state index contributed by atoms with van der Waals surface area (Å²) in [6, 6.07) is -4.15. The molecule has 0 saturated carbocycles. The summed E-state index contributed by atoms with van der Waals surface area (Å²) < 4.78 is 0. The Labute approximate surface area is 185 Å². The maximum Gasteiger partial charge on any atom is 0.279 e. The first-order valence-corrected chi connectivity index (χ1v) is 10.6. The van der Waals surface area contributed by atoms with Crippen molar-refractivity contribution in [3.8, 4) is 0 Å². The Morgan fingerprint density at radius 2 is 1.81 bits per heavy atom. The van der Waals surface area contributed by atoms with E-state index >= 15 is 0 Å². The molecule has 180 valence electrons. The fourth-order valence-corrected chi connectivity index (χ4v) is 3.44. The number of aldehydes is 1. The van der Waals surface area contributed by atoms with Gasteiger partial charge in [0, 0.05) is 30.8 Å². The summed E-state index contributed by atoms with van der Waals surface area (Å²) in [5, 5.41) is 26.4. The molecule has 12 heteroatoms. The number of nitrogens with one attached hydrogen (secondary N) is 2. The number of likely N-dealkylation sites (tertiary alicyclic amines) is 1. The number of quaternary nitrogens is 1. The molecule has 0 aromatic rings. The molecular formula is C20H31N4O8-. The van der Waals surface area contributed by atoms with Gasteiger partial charge in [-0.2, -0.15) is 0 Å². The van der Waals surface area contributed by atoms with Gasteiger partial charge in [-0.3, -0.25) is 14.4 Å². The van der Waals surface area contributed by atoms with E-state index in [1.54, 1.807) is 0 Å². The van der Waals surface area contributed by atoms with E-state index < -0.39 is 66.7 Å². The van der Waals surface area contributed by atoms with Crippen molar-refractivity contribution in [2.45, 2.75) is 76.5 Å². The van der Waals surface area contributed by atoms with E-state index in [0.717, 1.165) is 0 Å². The lowest BCUT2D eigenvalue weighted by Gasteiger charge is -2.30. The number of aliphatic carboxylic acids is 2. The predicted molar refractivity (Wildman–Crippen MR) is 105 cm³/mol. The molecule has 0 aromatic heterocycles. The normalized spacial score (nSPS) is 19.3. The van der Waals surface area contributed by atoms with Crippen LogP contribution in [0.3, 0.4) is 0 Å². The first-order valence-electron chi connectivity index (χ1n) is 10.6. The van der Waals surface area contributed by atoms with Crippen LogP contribution in [0.2, 0.25) is 0 Å². The Morgan fingerprint density at radius 3 is 2.34 bits per heavy atom. The first kappa shape index (κ1) is 27.0. The molecule has 0 unspecified atom stereocenters. The fourth-order valence-electron chi connectivity index (χ4n) is 3.44. The molecule has 3 amide bonds.